The molecule has 29 heavy (non-hydrogen) atoms. The predicted molar refractivity (Wildman–Crippen MR) is 111 cm³/mol. The average Bonchev–Trinajstić information content (AvgIpc) is 3.27. The summed E-state index contributed by atoms with van der Waals surface area (Å²) in [5.74, 6) is 0.115. The topological polar surface area (TPSA) is 59.6 Å². The molecule has 0 N–H and O–H groups in total. The van der Waals surface area contributed by atoms with Crippen molar-refractivity contribution in [2.75, 3.05) is 4.90 Å². The van der Waals surface area contributed by atoms with Crippen molar-refractivity contribution in [3.8, 4) is 0 Å². The number of amides is 1. The fraction of sp³-hybridized carbons (Fsp3) is 0.286. The van der Waals surface area contributed by atoms with Crippen LogP contribution in [0, 0.1) is 12.7 Å². The van der Waals surface area contributed by atoms with E-state index in [2.05, 4.69) is 5.10 Å². The van der Waals surface area contributed by atoms with Gasteiger partial charge in [-0.25, -0.2) is 9.07 Å². The standard InChI is InChI=1S/C21H19FN4O2S/c1-12-3-4-14-9-15(22)5-6-16(14)25(12)20(27)11-24-21(28)18-10-19-17(7-8-29-19)26(18)13(2)23-24/h5-10,12H,3-4,11H2,1-2H3/t12-/m1/s1. The minimum Gasteiger partial charge on any atom is -0.308 e. The van der Waals surface area contributed by atoms with E-state index in [4.69, 9.17) is 0 Å². The number of fused-ring (bicyclic) bond motifs is 4. The van der Waals surface area contributed by atoms with Crippen LogP contribution in [0.25, 0.3) is 15.7 Å². The van der Waals surface area contributed by atoms with E-state index in [0.29, 0.717) is 17.0 Å². The molecule has 4 heterocycles. The Morgan fingerprint density at radius 1 is 1.28 bits per heavy atom. The molecule has 1 atom stereocenters. The quantitative estimate of drug-likeness (QED) is 0.508. The first-order valence-electron chi connectivity index (χ1n) is 9.51. The highest BCUT2D eigenvalue weighted by molar-refractivity contribution is 7.17. The third kappa shape index (κ3) is 2.78. The number of hydrogen-bond donors (Lipinski definition) is 0. The van der Waals surface area contributed by atoms with Gasteiger partial charge < -0.3 is 4.90 Å². The molecule has 0 unspecified atom stereocenters. The van der Waals surface area contributed by atoms with Gasteiger partial charge in [0.2, 0.25) is 5.91 Å². The lowest BCUT2D eigenvalue weighted by molar-refractivity contribution is -0.120. The molecule has 0 saturated heterocycles. The molecule has 0 fully saturated rings. The van der Waals surface area contributed by atoms with Crippen LogP contribution in [0.2, 0.25) is 0 Å². The molecule has 0 saturated carbocycles. The van der Waals surface area contributed by atoms with E-state index in [1.807, 2.05) is 35.8 Å². The molecule has 0 radical (unpaired) electrons. The summed E-state index contributed by atoms with van der Waals surface area (Å²) in [5, 5.41) is 6.37. The van der Waals surface area contributed by atoms with E-state index in [9.17, 15) is 14.0 Å². The zero-order valence-electron chi connectivity index (χ0n) is 16.1. The van der Waals surface area contributed by atoms with Crippen LogP contribution in [0.4, 0.5) is 10.1 Å². The third-order valence-corrected chi connectivity index (χ3v) is 6.45. The van der Waals surface area contributed by atoms with Crippen LogP contribution in [0.5, 0.6) is 0 Å². The Bertz CT molecular complexity index is 1340. The Kier molecular flexibility index (Phi) is 4.06. The Labute approximate surface area is 169 Å². The first-order valence-corrected chi connectivity index (χ1v) is 10.4. The van der Waals surface area contributed by atoms with E-state index < -0.39 is 0 Å². The Hall–Kier alpha value is -3.00. The van der Waals surface area contributed by atoms with Gasteiger partial charge in [-0.1, -0.05) is 0 Å². The molecule has 1 aliphatic heterocycles. The van der Waals surface area contributed by atoms with Crippen molar-refractivity contribution in [1.82, 2.24) is 14.2 Å². The molecule has 1 amide bonds. The van der Waals surface area contributed by atoms with E-state index in [-0.39, 0.29) is 29.9 Å². The fourth-order valence-corrected chi connectivity index (χ4v) is 5.04. The summed E-state index contributed by atoms with van der Waals surface area (Å²) in [6, 6.07) is 8.27. The number of aromatic nitrogens is 3. The van der Waals surface area contributed by atoms with Crippen molar-refractivity contribution in [2.24, 2.45) is 0 Å². The van der Waals surface area contributed by atoms with E-state index in [1.54, 1.807) is 22.3 Å². The summed E-state index contributed by atoms with van der Waals surface area (Å²) in [6.45, 7) is 3.64. The highest BCUT2D eigenvalue weighted by atomic mass is 32.1. The van der Waals surface area contributed by atoms with Gasteiger partial charge in [0.1, 0.15) is 23.7 Å². The van der Waals surface area contributed by atoms with Crippen LogP contribution < -0.4 is 10.5 Å². The molecule has 0 aliphatic carbocycles. The number of aryl methyl sites for hydroxylation is 2. The van der Waals surface area contributed by atoms with Crippen LogP contribution >= 0.6 is 11.3 Å². The van der Waals surface area contributed by atoms with Crippen LogP contribution in [0.15, 0.2) is 40.5 Å². The Balaban J connectivity index is 1.55. The molecule has 6 nitrogen and oxygen atoms in total. The van der Waals surface area contributed by atoms with E-state index in [0.717, 1.165) is 28.6 Å². The summed E-state index contributed by atoms with van der Waals surface area (Å²) < 4.78 is 17.7. The second-order valence-electron chi connectivity index (χ2n) is 7.47. The van der Waals surface area contributed by atoms with Gasteiger partial charge in [0.15, 0.2) is 0 Å². The van der Waals surface area contributed by atoms with Gasteiger partial charge in [-0.15, -0.1) is 11.3 Å². The minimum atomic E-state index is -0.308. The molecule has 148 valence electrons. The zero-order valence-corrected chi connectivity index (χ0v) is 16.9. The summed E-state index contributed by atoms with van der Waals surface area (Å²) in [7, 11) is 0. The molecule has 5 rings (SSSR count). The molecule has 0 spiro atoms. The number of halogens is 1. The second kappa shape index (κ2) is 6.52. The second-order valence-corrected chi connectivity index (χ2v) is 8.42. The first kappa shape index (κ1) is 18.1. The van der Waals surface area contributed by atoms with Gasteiger partial charge in [0.05, 0.1) is 10.2 Å². The first-order chi connectivity index (χ1) is 13.9. The molecule has 8 heteroatoms. The van der Waals surface area contributed by atoms with Crippen LogP contribution in [-0.4, -0.2) is 26.1 Å². The lowest BCUT2D eigenvalue weighted by Gasteiger charge is -2.35. The highest BCUT2D eigenvalue weighted by Crippen LogP contribution is 2.31. The number of nitrogens with zero attached hydrogens (tertiary/aromatic N) is 4. The fourth-order valence-electron chi connectivity index (χ4n) is 4.24. The highest BCUT2D eigenvalue weighted by Gasteiger charge is 2.29. The number of anilines is 1. The van der Waals surface area contributed by atoms with Gasteiger partial charge in [-0.05, 0) is 68.0 Å². The molecular weight excluding hydrogens is 391 g/mol. The largest absolute Gasteiger partial charge is 0.308 e. The van der Waals surface area contributed by atoms with Crippen molar-refractivity contribution in [3.05, 3.63) is 63.3 Å². The van der Waals surface area contributed by atoms with Gasteiger partial charge >= 0.3 is 0 Å². The monoisotopic (exact) mass is 410 g/mol. The van der Waals surface area contributed by atoms with Crippen LogP contribution in [-0.2, 0) is 17.8 Å². The van der Waals surface area contributed by atoms with Crippen molar-refractivity contribution in [2.45, 2.75) is 39.3 Å². The summed E-state index contributed by atoms with van der Waals surface area (Å²) in [5.41, 5.74) is 2.70. The lowest BCUT2D eigenvalue weighted by Crippen LogP contribution is -2.45. The number of benzene rings is 1. The Morgan fingerprint density at radius 3 is 2.93 bits per heavy atom. The van der Waals surface area contributed by atoms with E-state index in [1.165, 1.54) is 16.8 Å². The maximum absolute atomic E-state index is 13.6. The number of carbonyl (C=O) groups excluding carboxylic acids is 1. The van der Waals surface area contributed by atoms with Crippen molar-refractivity contribution in [1.29, 1.82) is 0 Å². The molecule has 1 aromatic carbocycles. The average molecular weight is 410 g/mol. The van der Waals surface area contributed by atoms with Gasteiger partial charge in [-0.3, -0.25) is 14.0 Å². The van der Waals surface area contributed by atoms with E-state index >= 15 is 0 Å². The maximum atomic E-state index is 13.6. The van der Waals surface area contributed by atoms with Crippen molar-refractivity contribution >= 4 is 38.7 Å². The number of thiophene rings is 1. The number of rotatable bonds is 2. The molecule has 1 aliphatic rings. The summed E-state index contributed by atoms with van der Waals surface area (Å²) >= 11 is 1.56. The number of carbonyl (C=O) groups is 1. The Morgan fingerprint density at radius 2 is 2.10 bits per heavy atom. The van der Waals surface area contributed by atoms with Crippen LogP contribution in [0.1, 0.15) is 24.7 Å². The smallest absolute Gasteiger partial charge is 0.291 e. The SMILES string of the molecule is Cc1nn(CC(=O)N2c3ccc(F)cc3CC[C@H]2C)c(=O)c2cc3sccc3n12. The molecule has 0 bridgehead atoms. The summed E-state index contributed by atoms with van der Waals surface area (Å²) in [4.78, 5) is 27.8. The van der Waals surface area contributed by atoms with Gasteiger partial charge in [-0.2, -0.15) is 5.10 Å². The van der Waals surface area contributed by atoms with Gasteiger partial charge in [0, 0.05) is 11.7 Å². The number of hydrogen-bond acceptors (Lipinski definition) is 4. The molecule has 3 aromatic heterocycles. The van der Waals surface area contributed by atoms with Gasteiger partial charge in [0.25, 0.3) is 5.56 Å². The van der Waals surface area contributed by atoms with Crippen molar-refractivity contribution < 1.29 is 9.18 Å². The van der Waals surface area contributed by atoms with Crippen LogP contribution in [0.3, 0.4) is 0 Å². The normalized spacial score (nSPS) is 16.5. The minimum absolute atomic E-state index is 0.0281. The molecule has 4 aromatic rings. The predicted octanol–water partition coefficient (Wildman–Crippen LogP) is 3.53. The lowest BCUT2D eigenvalue weighted by atomic mass is 9.96. The maximum Gasteiger partial charge on any atom is 0.291 e. The molecular formula is C21H19FN4O2S. The van der Waals surface area contributed by atoms with Crippen molar-refractivity contribution in [3.63, 3.8) is 0 Å². The summed E-state index contributed by atoms with van der Waals surface area (Å²) in [6.07, 6.45) is 1.47. The third-order valence-electron chi connectivity index (χ3n) is 5.59. The zero-order chi connectivity index (χ0) is 20.3.